The summed E-state index contributed by atoms with van der Waals surface area (Å²) < 4.78 is 37.9. The van der Waals surface area contributed by atoms with Crippen molar-refractivity contribution in [2.24, 2.45) is 16.8 Å². The molecule has 0 aliphatic carbocycles. The highest BCUT2D eigenvalue weighted by Crippen LogP contribution is 2.30. The van der Waals surface area contributed by atoms with Gasteiger partial charge in [0, 0.05) is 37.6 Å². The molecule has 0 bridgehead atoms. The van der Waals surface area contributed by atoms with E-state index in [2.05, 4.69) is 53.2 Å². The molecule has 1 aromatic heterocycles. The first-order valence-corrected chi connectivity index (χ1v) is 10.1. The van der Waals surface area contributed by atoms with E-state index in [1.165, 1.54) is 6.42 Å². The van der Waals surface area contributed by atoms with E-state index >= 15 is 0 Å². The fourth-order valence-corrected chi connectivity index (χ4v) is 4.21. The molecular weight excluding hydrogens is 502 g/mol. The lowest BCUT2D eigenvalue weighted by Crippen LogP contribution is -2.57. The maximum absolute atomic E-state index is 12.6. The number of aromatic nitrogens is 1. The van der Waals surface area contributed by atoms with Crippen LogP contribution in [0.3, 0.4) is 0 Å². The van der Waals surface area contributed by atoms with Gasteiger partial charge < -0.3 is 10.6 Å². The number of guanidine groups is 1. The number of piperidine rings is 1. The number of aliphatic imine (C=N–C) groups is 1. The molecule has 1 saturated heterocycles. The van der Waals surface area contributed by atoms with Gasteiger partial charge in [0.1, 0.15) is 5.01 Å². The summed E-state index contributed by atoms with van der Waals surface area (Å²) in [6.45, 7) is 12.0. The maximum atomic E-state index is 12.6. The number of alkyl halides is 3. The topological polar surface area (TPSA) is 52.6 Å². The number of thiazole rings is 1. The summed E-state index contributed by atoms with van der Waals surface area (Å²) in [6.07, 6.45) is -3.14. The molecule has 0 aromatic carbocycles. The number of hydrogen-bond donors (Lipinski definition) is 2. The first-order chi connectivity index (χ1) is 12.5. The summed E-state index contributed by atoms with van der Waals surface area (Å²) in [4.78, 5) is 10.3. The van der Waals surface area contributed by atoms with E-state index in [-0.39, 0.29) is 36.1 Å². The Hall–Kier alpha value is -0.620. The minimum Gasteiger partial charge on any atom is -0.355 e. The molecule has 2 heterocycles. The van der Waals surface area contributed by atoms with Crippen LogP contribution in [0.5, 0.6) is 0 Å². The summed E-state index contributed by atoms with van der Waals surface area (Å²) in [5, 5.41) is 7.75. The molecule has 0 spiro atoms. The van der Waals surface area contributed by atoms with Crippen LogP contribution in [0.4, 0.5) is 13.2 Å². The quantitative estimate of drug-likeness (QED) is 0.339. The van der Waals surface area contributed by atoms with E-state index in [0.717, 1.165) is 29.8 Å². The molecule has 2 unspecified atom stereocenters. The van der Waals surface area contributed by atoms with Gasteiger partial charge in [0.25, 0.3) is 0 Å². The van der Waals surface area contributed by atoms with Crippen LogP contribution in [0, 0.1) is 11.8 Å². The van der Waals surface area contributed by atoms with Crippen molar-refractivity contribution in [3.63, 3.8) is 0 Å². The zero-order chi connectivity index (χ0) is 20.2. The van der Waals surface area contributed by atoms with E-state index in [4.69, 9.17) is 0 Å². The third kappa shape index (κ3) is 7.33. The SMILES string of the molecule is CN=C(NCc1nc(C(F)(F)F)cs1)NCC(C)(C)N1CC(C)CC(C)C1.I. The minimum absolute atomic E-state index is 0. The average molecular weight is 533 g/mol. The van der Waals surface area contributed by atoms with Crippen LogP contribution in [-0.2, 0) is 12.7 Å². The van der Waals surface area contributed by atoms with Crippen molar-refractivity contribution in [2.45, 2.75) is 52.4 Å². The summed E-state index contributed by atoms with van der Waals surface area (Å²) in [5.74, 6) is 1.92. The van der Waals surface area contributed by atoms with Crippen LogP contribution in [0.15, 0.2) is 10.4 Å². The lowest BCUT2D eigenvalue weighted by Gasteiger charge is -2.45. The number of nitrogens with zero attached hydrogens (tertiary/aromatic N) is 3. The smallest absolute Gasteiger partial charge is 0.355 e. The van der Waals surface area contributed by atoms with E-state index in [0.29, 0.717) is 29.3 Å². The highest BCUT2D eigenvalue weighted by molar-refractivity contribution is 14.0. The molecule has 2 atom stereocenters. The number of halogens is 4. The third-order valence-electron chi connectivity index (χ3n) is 4.89. The number of likely N-dealkylation sites (tertiary alicyclic amines) is 1. The molecule has 5 nitrogen and oxygen atoms in total. The Bertz CT molecular complexity index is 637. The first-order valence-electron chi connectivity index (χ1n) is 9.22. The molecule has 1 aromatic rings. The van der Waals surface area contributed by atoms with Crippen molar-refractivity contribution in [3.8, 4) is 0 Å². The van der Waals surface area contributed by atoms with Gasteiger partial charge in [0.15, 0.2) is 11.7 Å². The van der Waals surface area contributed by atoms with E-state index < -0.39 is 11.9 Å². The van der Waals surface area contributed by atoms with Gasteiger partial charge in [-0.15, -0.1) is 35.3 Å². The minimum atomic E-state index is -4.40. The van der Waals surface area contributed by atoms with Crippen LogP contribution in [0.25, 0.3) is 0 Å². The average Bonchev–Trinajstić information content (AvgIpc) is 3.03. The van der Waals surface area contributed by atoms with Gasteiger partial charge >= 0.3 is 6.18 Å². The normalized spacial score (nSPS) is 21.9. The summed E-state index contributed by atoms with van der Waals surface area (Å²) in [6, 6.07) is 0. The highest BCUT2D eigenvalue weighted by Gasteiger charge is 2.34. The highest BCUT2D eigenvalue weighted by atomic mass is 127. The number of hydrogen-bond acceptors (Lipinski definition) is 4. The second-order valence-corrected chi connectivity index (χ2v) is 9.01. The van der Waals surface area contributed by atoms with Gasteiger partial charge in [0.2, 0.25) is 0 Å². The first kappa shape index (κ1) is 25.4. The Balaban J connectivity index is 0.00000392. The molecule has 2 rings (SSSR count). The van der Waals surface area contributed by atoms with Crippen molar-refractivity contribution < 1.29 is 13.2 Å². The zero-order valence-electron chi connectivity index (χ0n) is 17.1. The number of nitrogens with one attached hydrogen (secondary N) is 2. The van der Waals surface area contributed by atoms with E-state index in [1.54, 1.807) is 7.05 Å². The Morgan fingerprint density at radius 1 is 1.25 bits per heavy atom. The molecule has 0 amide bonds. The fraction of sp³-hybridized carbons (Fsp3) is 0.778. The van der Waals surface area contributed by atoms with Gasteiger partial charge in [-0.3, -0.25) is 9.89 Å². The largest absolute Gasteiger partial charge is 0.434 e. The Morgan fingerprint density at radius 3 is 2.36 bits per heavy atom. The van der Waals surface area contributed by atoms with Crippen molar-refractivity contribution >= 4 is 41.3 Å². The van der Waals surface area contributed by atoms with Crippen molar-refractivity contribution in [3.05, 3.63) is 16.1 Å². The molecule has 1 aliphatic heterocycles. The van der Waals surface area contributed by atoms with Gasteiger partial charge in [0.05, 0.1) is 6.54 Å². The standard InChI is InChI=1S/C18H30F3N5S.HI/c1-12-6-13(2)9-26(8-12)17(3,4)11-24-16(22-5)23-7-15-25-14(10-27-15)18(19,20)21;/h10,12-13H,6-9,11H2,1-5H3,(H2,22,23,24);1H. The van der Waals surface area contributed by atoms with Crippen LogP contribution < -0.4 is 10.6 Å². The molecule has 2 N–H and O–H groups in total. The predicted octanol–water partition coefficient (Wildman–Crippen LogP) is 4.20. The fourth-order valence-electron chi connectivity index (χ4n) is 3.47. The maximum Gasteiger partial charge on any atom is 0.434 e. The molecule has 10 heteroatoms. The van der Waals surface area contributed by atoms with Gasteiger partial charge in [-0.2, -0.15) is 13.2 Å². The van der Waals surface area contributed by atoms with Crippen molar-refractivity contribution in [1.29, 1.82) is 0 Å². The molecular formula is C18H31F3IN5S. The molecule has 28 heavy (non-hydrogen) atoms. The van der Waals surface area contributed by atoms with Gasteiger partial charge in [-0.05, 0) is 32.1 Å². The molecule has 1 fully saturated rings. The summed E-state index contributed by atoms with van der Waals surface area (Å²) >= 11 is 0.991. The van der Waals surface area contributed by atoms with Crippen LogP contribution in [-0.4, -0.2) is 48.1 Å². The Labute approximate surface area is 186 Å². The van der Waals surface area contributed by atoms with Crippen LogP contribution in [0.2, 0.25) is 0 Å². The van der Waals surface area contributed by atoms with E-state index in [1.807, 2.05) is 0 Å². The van der Waals surface area contributed by atoms with Gasteiger partial charge in [-0.25, -0.2) is 4.98 Å². The summed E-state index contributed by atoms with van der Waals surface area (Å²) in [7, 11) is 1.65. The zero-order valence-corrected chi connectivity index (χ0v) is 20.2. The Morgan fingerprint density at radius 2 is 1.86 bits per heavy atom. The molecule has 162 valence electrons. The molecule has 0 radical (unpaired) electrons. The van der Waals surface area contributed by atoms with E-state index in [9.17, 15) is 13.2 Å². The lowest BCUT2D eigenvalue weighted by molar-refractivity contribution is -0.140. The monoisotopic (exact) mass is 533 g/mol. The van der Waals surface area contributed by atoms with Crippen molar-refractivity contribution in [2.75, 3.05) is 26.7 Å². The second-order valence-electron chi connectivity index (χ2n) is 8.07. The Kier molecular flexibility index (Phi) is 9.46. The lowest BCUT2D eigenvalue weighted by atomic mass is 9.88. The summed E-state index contributed by atoms with van der Waals surface area (Å²) in [5.41, 5.74) is -0.896. The third-order valence-corrected chi connectivity index (χ3v) is 5.74. The second kappa shape index (κ2) is 10.4. The van der Waals surface area contributed by atoms with Crippen LogP contribution in [0.1, 0.15) is 44.8 Å². The predicted molar refractivity (Wildman–Crippen MR) is 119 cm³/mol. The van der Waals surface area contributed by atoms with Crippen molar-refractivity contribution in [1.82, 2.24) is 20.5 Å². The van der Waals surface area contributed by atoms with Crippen LogP contribution >= 0.6 is 35.3 Å². The number of rotatable bonds is 5. The molecule has 0 saturated carbocycles. The van der Waals surface area contributed by atoms with Gasteiger partial charge in [-0.1, -0.05) is 13.8 Å². The molecule has 1 aliphatic rings.